The van der Waals surface area contributed by atoms with Gasteiger partial charge in [0.15, 0.2) is 0 Å². The van der Waals surface area contributed by atoms with E-state index in [9.17, 15) is 0 Å². The highest BCUT2D eigenvalue weighted by molar-refractivity contribution is 7.11. The Balaban J connectivity index is 2.41. The predicted octanol–water partition coefficient (Wildman–Crippen LogP) is 2.21. The lowest BCUT2D eigenvalue weighted by Crippen LogP contribution is -2.22. The van der Waals surface area contributed by atoms with Crippen molar-refractivity contribution in [1.29, 1.82) is 0 Å². The first kappa shape index (κ1) is 14.5. The third kappa shape index (κ3) is 4.69. The SMILES string of the molecule is COC(C)(C)c1nnc(CCNCC(C)C)s1. The lowest BCUT2D eigenvalue weighted by atomic mass is 10.1. The maximum absolute atomic E-state index is 5.39. The molecule has 98 valence electrons. The number of methoxy groups -OCH3 is 1. The normalized spacial score (nSPS) is 12.4. The molecule has 17 heavy (non-hydrogen) atoms. The molecule has 4 nitrogen and oxygen atoms in total. The number of aromatic nitrogens is 2. The van der Waals surface area contributed by atoms with Crippen molar-refractivity contribution in [2.45, 2.75) is 39.7 Å². The van der Waals surface area contributed by atoms with Gasteiger partial charge in [0, 0.05) is 20.1 Å². The first-order valence-corrected chi connectivity index (χ1v) is 6.86. The molecule has 0 unspecified atom stereocenters. The summed E-state index contributed by atoms with van der Waals surface area (Å²) < 4.78 is 5.39. The standard InChI is InChI=1S/C12H23N3OS/c1-9(2)8-13-7-6-10-14-15-11(17-10)12(3,4)16-5/h9,13H,6-8H2,1-5H3. The molecule has 0 fully saturated rings. The third-order valence-corrected chi connectivity index (χ3v) is 3.85. The maximum Gasteiger partial charge on any atom is 0.148 e. The summed E-state index contributed by atoms with van der Waals surface area (Å²) in [6, 6.07) is 0. The fourth-order valence-corrected chi connectivity index (χ4v) is 2.19. The van der Waals surface area contributed by atoms with Crippen molar-refractivity contribution in [2.24, 2.45) is 5.92 Å². The Labute approximate surface area is 108 Å². The van der Waals surface area contributed by atoms with Crippen LogP contribution in [0.1, 0.15) is 37.7 Å². The molecule has 0 amide bonds. The van der Waals surface area contributed by atoms with Crippen LogP contribution in [0.2, 0.25) is 0 Å². The van der Waals surface area contributed by atoms with Crippen LogP contribution in [0.5, 0.6) is 0 Å². The Kier molecular flexibility index (Phi) is 5.49. The van der Waals surface area contributed by atoms with E-state index in [2.05, 4.69) is 29.4 Å². The number of ether oxygens (including phenoxy) is 1. The topological polar surface area (TPSA) is 47.0 Å². The molecule has 0 spiro atoms. The molecule has 0 aliphatic carbocycles. The minimum absolute atomic E-state index is 0.332. The summed E-state index contributed by atoms with van der Waals surface area (Å²) in [5.74, 6) is 0.687. The van der Waals surface area contributed by atoms with E-state index in [1.54, 1.807) is 18.4 Å². The van der Waals surface area contributed by atoms with Gasteiger partial charge in [0.25, 0.3) is 0 Å². The van der Waals surface area contributed by atoms with Crippen molar-refractivity contribution in [3.8, 4) is 0 Å². The quantitative estimate of drug-likeness (QED) is 0.761. The summed E-state index contributed by atoms with van der Waals surface area (Å²) in [6.07, 6.45) is 0.935. The molecular weight excluding hydrogens is 234 g/mol. The zero-order chi connectivity index (χ0) is 12.9. The monoisotopic (exact) mass is 257 g/mol. The van der Waals surface area contributed by atoms with Gasteiger partial charge in [-0.3, -0.25) is 0 Å². The lowest BCUT2D eigenvalue weighted by Gasteiger charge is -2.18. The molecule has 1 rings (SSSR count). The van der Waals surface area contributed by atoms with Crippen molar-refractivity contribution in [1.82, 2.24) is 15.5 Å². The average molecular weight is 257 g/mol. The molecule has 0 bridgehead atoms. The highest BCUT2D eigenvalue weighted by Gasteiger charge is 2.24. The zero-order valence-electron chi connectivity index (χ0n) is 11.4. The van der Waals surface area contributed by atoms with Crippen molar-refractivity contribution in [2.75, 3.05) is 20.2 Å². The Hall–Kier alpha value is -0.520. The van der Waals surface area contributed by atoms with E-state index < -0.39 is 0 Å². The summed E-state index contributed by atoms with van der Waals surface area (Å²) in [5, 5.41) is 13.8. The zero-order valence-corrected chi connectivity index (χ0v) is 12.2. The number of nitrogens with zero attached hydrogens (tertiary/aromatic N) is 2. The van der Waals surface area contributed by atoms with Gasteiger partial charge in [-0.2, -0.15) is 0 Å². The molecule has 0 aliphatic rings. The van der Waals surface area contributed by atoms with Crippen LogP contribution in [-0.2, 0) is 16.8 Å². The van der Waals surface area contributed by atoms with E-state index in [-0.39, 0.29) is 5.60 Å². The number of rotatable bonds is 7. The summed E-state index contributed by atoms with van der Waals surface area (Å²) in [7, 11) is 1.70. The van der Waals surface area contributed by atoms with E-state index in [1.807, 2.05) is 13.8 Å². The second-order valence-corrected chi connectivity index (χ2v) is 6.13. The van der Waals surface area contributed by atoms with Crippen molar-refractivity contribution in [3.05, 3.63) is 10.0 Å². The molecular formula is C12H23N3OS. The molecule has 1 heterocycles. The smallest absolute Gasteiger partial charge is 0.148 e. The molecule has 0 atom stereocenters. The molecule has 1 N–H and O–H groups in total. The van der Waals surface area contributed by atoms with Crippen molar-refractivity contribution >= 4 is 11.3 Å². The Morgan fingerprint density at radius 1 is 1.35 bits per heavy atom. The average Bonchev–Trinajstić information content (AvgIpc) is 2.73. The fourth-order valence-electron chi connectivity index (χ4n) is 1.27. The number of hydrogen-bond donors (Lipinski definition) is 1. The lowest BCUT2D eigenvalue weighted by molar-refractivity contribution is 0.0185. The van der Waals surface area contributed by atoms with Gasteiger partial charge in [-0.05, 0) is 26.3 Å². The molecule has 5 heteroatoms. The van der Waals surface area contributed by atoms with E-state index in [0.717, 1.165) is 29.5 Å². The maximum atomic E-state index is 5.39. The van der Waals surface area contributed by atoms with Gasteiger partial charge >= 0.3 is 0 Å². The summed E-state index contributed by atoms with van der Waals surface area (Å²) in [6.45, 7) is 10.4. The van der Waals surface area contributed by atoms with Crippen LogP contribution in [0.25, 0.3) is 0 Å². The van der Waals surface area contributed by atoms with Crippen LogP contribution < -0.4 is 5.32 Å². The molecule has 0 aromatic carbocycles. The van der Waals surface area contributed by atoms with Gasteiger partial charge in [0.1, 0.15) is 15.6 Å². The van der Waals surface area contributed by atoms with Gasteiger partial charge < -0.3 is 10.1 Å². The summed E-state index contributed by atoms with van der Waals surface area (Å²) in [4.78, 5) is 0. The van der Waals surface area contributed by atoms with Crippen LogP contribution in [0.15, 0.2) is 0 Å². The van der Waals surface area contributed by atoms with Crippen LogP contribution >= 0.6 is 11.3 Å². The fraction of sp³-hybridized carbons (Fsp3) is 0.833. The molecule has 0 saturated heterocycles. The van der Waals surface area contributed by atoms with Gasteiger partial charge in [0.2, 0.25) is 0 Å². The summed E-state index contributed by atoms with van der Waals surface area (Å²) >= 11 is 1.64. The minimum atomic E-state index is -0.332. The van der Waals surface area contributed by atoms with Crippen molar-refractivity contribution < 1.29 is 4.74 Å². The largest absolute Gasteiger partial charge is 0.372 e. The van der Waals surface area contributed by atoms with Gasteiger partial charge in [0.05, 0.1) is 0 Å². The first-order valence-electron chi connectivity index (χ1n) is 6.04. The molecule has 0 aliphatic heterocycles. The highest BCUT2D eigenvalue weighted by Crippen LogP contribution is 2.26. The molecule has 1 aromatic heterocycles. The number of hydrogen-bond acceptors (Lipinski definition) is 5. The first-order chi connectivity index (χ1) is 7.95. The van der Waals surface area contributed by atoms with Crippen LogP contribution in [0.3, 0.4) is 0 Å². The molecule has 1 aromatic rings. The second kappa shape index (κ2) is 6.42. The van der Waals surface area contributed by atoms with E-state index in [4.69, 9.17) is 4.74 Å². The van der Waals surface area contributed by atoms with Crippen molar-refractivity contribution in [3.63, 3.8) is 0 Å². The Bertz CT molecular complexity index is 336. The summed E-state index contributed by atoms with van der Waals surface area (Å²) in [5.41, 5.74) is -0.332. The molecule has 0 radical (unpaired) electrons. The predicted molar refractivity (Wildman–Crippen MR) is 71.4 cm³/mol. The van der Waals surface area contributed by atoms with Gasteiger partial charge in [-0.25, -0.2) is 0 Å². The van der Waals surface area contributed by atoms with Crippen LogP contribution in [-0.4, -0.2) is 30.4 Å². The second-order valence-electron chi connectivity index (χ2n) is 5.06. The Morgan fingerprint density at radius 2 is 2.06 bits per heavy atom. The van der Waals surface area contributed by atoms with Crippen LogP contribution in [0.4, 0.5) is 0 Å². The van der Waals surface area contributed by atoms with Gasteiger partial charge in [-0.1, -0.05) is 25.2 Å². The molecule has 0 saturated carbocycles. The van der Waals surface area contributed by atoms with E-state index >= 15 is 0 Å². The van der Waals surface area contributed by atoms with E-state index in [1.165, 1.54) is 0 Å². The third-order valence-electron chi connectivity index (χ3n) is 2.56. The van der Waals surface area contributed by atoms with Crippen LogP contribution in [0, 0.1) is 5.92 Å². The number of nitrogens with one attached hydrogen (secondary N) is 1. The highest BCUT2D eigenvalue weighted by atomic mass is 32.1. The minimum Gasteiger partial charge on any atom is -0.372 e. The van der Waals surface area contributed by atoms with E-state index in [0.29, 0.717) is 5.92 Å². The Morgan fingerprint density at radius 3 is 2.65 bits per heavy atom. The van der Waals surface area contributed by atoms with Gasteiger partial charge in [-0.15, -0.1) is 10.2 Å².